The molecule has 0 rings (SSSR count). The molecular formula is H26Al10Mg5O39S2. The Morgan fingerprint density at radius 3 is 0.179 bits per heavy atom. The fourth-order valence-electron chi connectivity index (χ4n) is 0. The van der Waals surface area contributed by atoms with Gasteiger partial charge in [0.1, 0.15) is 0 Å². The van der Waals surface area contributed by atoms with Crippen molar-refractivity contribution in [3.05, 3.63) is 0 Å². The van der Waals surface area contributed by atoms with Crippen molar-refractivity contribution in [3.63, 3.8) is 0 Å². The molecule has 39 nitrogen and oxygen atoms in total. The monoisotopic (exact) mass is 1100 g/mol. The van der Waals surface area contributed by atoms with Crippen LogP contribution in [0, 0.1) is 0 Å². The predicted molar refractivity (Wildman–Crippen MR) is 161 cm³/mol. The molecule has 0 atom stereocenters. The van der Waals surface area contributed by atoms with Crippen molar-refractivity contribution in [1.82, 2.24) is 0 Å². The zero-order chi connectivity index (χ0) is 9.00. The molecule has 0 spiro atoms. The second kappa shape index (κ2) is 616. The van der Waals surface area contributed by atoms with E-state index >= 15 is 0 Å². The average Bonchev–Trinajstić information content (AvgIpc) is 1.12. The molecule has 0 bridgehead atoms. The molecule has 0 aliphatic heterocycles. The fraction of sp³-hybridized carbons (Fsp3) is 0. The quantitative estimate of drug-likeness (QED) is 0.123. The van der Waals surface area contributed by atoms with Gasteiger partial charge in [-0.2, -0.15) is 0 Å². The van der Waals surface area contributed by atoms with Crippen LogP contribution in [0.1, 0.15) is 0 Å². The third-order valence-corrected chi connectivity index (χ3v) is 0. The van der Waals surface area contributed by atoms with Gasteiger partial charge in [0.25, 0.3) is 0 Å². The first-order valence-electron chi connectivity index (χ1n) is 1.33. The molecule has 26 N–H and O–H groups in total. The van der Waals surface area contributed by atoms with Crippen LogP contribution in [0.4, 0.5) is 0 Å². The van der Waals surface area contributed by atoms with Gasteiger partial charge in [-0.15, -0.1) is 0 Å². The maximum Gasteiger partial charge on any atom is 3.00 e. The number of hydrogen-bond acceptors (Lipinski definition) is 34. The van der Waals surface area contributed by atoms with E-state index in [0.717, 1.165) is 0 Å². The Kier molecular flexibility index (Phi) is 11200. The smallest absolute Gasteiger partial charge is 2.00 e. The number of rotatable bonds is 0. The summed E-state index contributed by atoms with van der Waals surface area (Å²) in [4.78, 5) is 0. The molecule has 0 radical (unpaired) electrons. The van der Waals surface area contributed by atoms with E-state index in [4.69, 9.17) is 35.0 Å². The van der Waals surface area contributed by atoms with E-state index in [1.54, 1.807) is 0 Å². The van der Waals surface area contributed by atoms with Crippen molar-refractivity contribution in [2.45, 2.75) is 0 Å². The molecule has 0 aromatic rings. The summed E-state index contributed by atoms with van der Waals surface area (Å²) in [6.07, 6.45) is 0. The van der Waals surface area contributed by atoms with Gasteiger partial charge in [0.05, 0.1) is 0 Å². The van der Waals surface area contributed by atoms with Crippen molar-refractivity contribution < 1.29 is 205 Å². The Labute approximate surface area is 507 Å². The summed E-state index contributed by atoms with van der Waals surface area (Å²) in [6, 6.07) is 0. The first-order valence-corrected chi connectivity index (χ1v) is 4.00. The van der Waals surface area contributed by atoms with Crippen LogP contribution < -0.4 is 0 Å². The van der Waals surface area contributed by atoms with Crippen LogP contribution in [0.25, 0.3) is 0 Å². The molecular weight excluding hydrogens is 1080 g/mol. The maximum atomic E-state index is 8.52. The third-order valence-electron chi connectivity index (χ3n) is 0. The van der Waals surface area contributed by atoms with Crippen molar-refractivity contribution in [1.29, 1.82) is 0 Å². The second-order valence-electron chi connectivity index (χ2n) is 0.816. The minimum absolute atomic E-state index is 0. The van der Waals surface area contributed by atoms with Gasteiger partial charge in [-0.3, -0.25) is 16.8 Å². The van der Waals surface area contributed by atoms with Crippen molar-refractivity contribution >= 4 is 310 Å². The van der Waals surface area contributed by atoms with Gasteiger partial charge in [-0.1, -0.05) is 0 Å². The Morgan fingerprint density at radius 2 is 0.179 bits per heavy atom. The van der Waals surface area contributed by atoms with Crippen LogP contribution in [0.2, 0.25) is 0 Å². The Hall–Kier alpha value is 7.66. The molecule has 56 heavy (non-hydrogen) atoms. The molecule has 0 unspecified atom stereocenters. The Balaban J connectivity index is -0.000000000273. The van der Waals surface area contributed by atoms with E-state index in [0.29, 0.717) is 0 Å². The minimum atomic E-state index is -5.17. The summed E-state index contributed by atoms with van der Waals surface area (Å²) in [5, 5.41) is 0. The van der Waals surface area contributed by atoms with E-state index in [1.807, 2.05) is 0 Å². The maximum absolute atomic E-state index is 8.52. The van der Waals surface area contributed by atoms with Crippen molar-refractivity contribution in [2.75, 3.05) is 0 Å². The standard InChI is InChI=1S/10Al.5Mg.2H2O4S.26H2O.5O/c;;;;;;;;;;;;;;;2*1-5(2,3)4;;;;;;;;;;;;;;;;;;;;;;;;;;;;;;;/h;;;;;;;;;;;;;;;2*(H2,1,2,3,4);26*1H2;;;;;/q10*+3;5*+2;;;;;;;;;;;;;;;;;;;;;;;;;;;;;5*-2/p-30. The zero-order valence-corrected chi connectivity index (χ0v) is 47.3. The molecule has 56 heteroatoms. The number of hydrogen-bond donors (Lipinski definition) is 0. The van der Waals surface area contributed by atoms with Crippen LogP contribution >= 0.6 is 0 Å². The third kappa shape index (κ3) is 3870. The molecule has 0 amide bonds. The fourth-order valence-corrected chi connectivity index (χ4v) is 0. The summed E-state index contributed by atoms with van der Waals surface area (Å²) >= 11 is 0. The first kappa shape index (κ1) is 1020. The molecule has 312 valence electrons. The normalized spacial score (nSPS) is 2.07. The van der Waals surface area contributed by atoms with E-state index in [2.05, 4.69) is 0 Å². The van der Waals surface area contributed by atoms with Crippen LogP contribution in [0.5, 0.6) is 0 Å². The average molecular weight is 1110 g/mol. The summed E-state index contributed by atoms with van der Waals surface area (Å²) in [6.45, 7) is 0. The van der Waals surface area contributed by atoms with Crippen LogP contribution in [0.3, 0.4) is 0 Å². The van der Waals surface area contributed by atoms with Crippen molar-refractivity contribution in [3.8, 4) is 0 Å². The van der Waals surface area contributed by atoms with Gasteiger partial charge in [0, 0.05) is 20.8 Å². The molecule has 0 aromatic carbocycles. The van der Waals surface area contributed by atoms with Gasteiger partial charge in [-0.05, 0) is 0 Å². The molecule has 0 saturated heterocycles. The molecule has 0 saturated carbocycles. The Bertz CT molecular complexity index is 269. The summed E-state index contributed by atoms with van der Waals surface area (Å²) in [5.74, 6) is 0. The predicted octanol–water partition coefficient (Wildman–Crippen LogP) is -13.6. The summed E-state index contributed by atoms with van der Waals surface area (Å²) in [5.41, 5.74) is 0. The molecule has 0 aliphatic rings. The van der Waals surface area contributed by atoms with Gasteiger partial charge in [0.2, 0.25) is 0 Å². The van der Waals surface area contributed by atoms with Crippen LogP contribution in [0.15, 0.2) is 0 Å². The molecule has 0 fully saturated rings. The van der Waals surface area contributed by atoms with Gasteiger partial charge in [0.15, 0.2) is 0 Å². The van der Waals surface area contributed by atoms with Crippen molar-refractivity contribution in [2.24, 2.45) is 0 Å². The zero-order valence-electron chi connectivity index (χ0n) is 27.1. The van der Waals surface area contributed by atoms with Crippen LogP contribution in [-0.2, 0) is 48.2 Å². The molecule has 0 aromatic heterocycles. The molecule has 0 aliphatic carbocycles. The largest absolute Gasteiger partial charge is 3.00 e. The van der Waals surface area contributed by atoms with Gasteiger partial charge >= 0.3 is 289 Å². The van der Waals surface area contributed by atoms with Gasteiger partial charge in [-0.25, -0.2) is 0 Å². The second-order valence-corrected chi connectivity index (χ2v) is 2.45. The van der Waals surface area contributed by atoms with E-state index in [1.165, 1.54) is 0 Å². The minimum Gasteiger partial charge on any atom is -2.00 e. The SMILES string of the molecule is O=S(=O)([O-])[O-].O=S(=O)([O-])[O-].[Al+3].[Al+3].[Al+3].[Al+3].[Al+3].[Al+3].[Al+3].[Al+3].[Al+3].[Al+3].[Mg+2].[Mg+2].[Mg+2].[Mg+2].[Mg+2].[O-2].[O-2].[O-2].[O-2].[O-2].[OH-].[OH-].[OH-].[OH-].[OH-].[OH-].[OH-].[OH-].[OH-].[OH-].[OH-].[OH-].[OH-].[OH-].[OH-].[OH-].[OH-].[OH-].[OH-].[OH-].[OH-].[OH-].[OH-].[OH-].[OH-].[OH-]. The summed E-state index contributed by atoms with van der Waals surface area (Å²) in [7, 11) is -10.3. The van der Waals surface area contributed by atoms with Crippen LogP contribution in [-0.4, -0.2) is 466 Å². The topological polar surface area (TPSA) is 1080 Å². The van der Waals surface area contributed by atoms with E-state index in [9.17, 15) is 0 Å². The Morgan fingerprint density at radius 1 is 0.179 bits per heavy atom. The molecule has 0 heterocycles. The van der Waals surface area contributed by atoms with E-state index in [-0.39, 0.29) is 459 Å². The summed E-state index contributed by atoms with van der Waals surface area (Å²) < 4.78 is 68.2. The van der Waals surface area contributed by atoms with Gasteiger partial charge < -0.3 is 188 Å². The first-order chi connectivity index (χ1) is 4.00. The van der Waals surface area contributed by atoms with E-state index < -0.39 is 20.8 Å².